The minimum absolute atomic E-state index is 0.168. The summed E-state index contributed by atoms with van der Waals surface area (Å²) in [5.41, 5.74) is 1.84. The lowest BCUT2D eigenvalue weighted by Gasteiger charge is -2.49. The number of carbonyl (C=O) groups excluding carboxylic acids is 1. The molecule has 1 amide bonds. The van der Waals surface area contributed by atoms with E-state index in [1.807, 2.05) is 60.7 Å². The molecule has 0 aliphatic carbocycles. The van der Waals surface area contributed by atoms with Crippen LogP contribution in [-0.4, -0.2) is 57.9 Å². The van der Waals surface area contributed by atoms with Crippen LogP contribution in [0.15, 0.2) is 79.4 Å². The van der Waals surface area contributed by atoms with E-state index in [-0.39, 0.29) is 24.3 Å². The van der Waals surface area contributed by atoms with Gasteiger partial charge >= 0.3 is 0 Å². The van der Waals surface area contributed by atoms with Crippen LogP contribution in [0.1, 0.15) is 24.3 Å². The van der Waals surface area contributed by atoms with Gasteiger partial charge in [0.05, 0.1) is 13.2 Å². The van der Waals surface area contributed by atoms with Crippen LogP contribution in [-0.2, 0) is 35.1 Å². The van der Waals surface area contributed by atoms with Gasteiger partial charge < -0.3 is 29.0 Å². The molecule has 2 aliphatic heterocycles. The smallest absolute Gasteiger partial charge is 0.269 e. The molecule has 1 aromatic heterocycles. The second kappa shape index (κ2) is 11.3. The molecular formula is C26H27N3O6S. The van der Waals surface area contributed by atoms with Crippen LogP contribution < -0.4 is 5.32 Å². The van der Waals surface area contributed by atoms with E-state index in [2.05, 4.69) is 10.3 Å². The number of imidazole rings is 1. The molecule has 36 heavy (non-hydrogen) atoms. The standard InChI is InChI=1S/C26H27N3O6S/c1-17(30)28-21-23(35-26(36)29-13-12-27-16-29)22-20(15-32-24(34-22)19-10-6-3-7-11-19)33-25(21)31-14-18-8-4-2-5-9-18/h2-13,16,20-25H,14-15H2,1H3,(H,28,30)/t20-,21-,22-,23-,24-,25+/m1/s1. The highest BCUT2D eigenvalue weighted by molar-refractivity contribution is 7.80. The third-order valence-electron chi connectivity index (χ3n) is 5.99. The van der Waals surface area contributed by atoms with Crippen molar-refractivity contribution in [1.82, 2.24) is 14.9 Å². The summed E-state index contributed by atoms with van der Waals surface area (Å²) in [4.78, 5) is 16.3. The van der Waals surface area contributed by atoms with Gasteiger partial charge in [-0.05, 0) is 17.8 Å². The Hall–Kier alpha value is -3.15. The van der Waals surface area contributed by atoms with Crippen LogP contribution in [0.2, 0.25) is 0 Å². The minimum Gasteiger partial charge on any atom is -0.462 e. The Morgan fingerprint density at radius 3 is 2.58 bits per heavy atom. The molecule has 1 N–H and O–H groups in total. The molecule has 0 bridgehead atoms. The molecule has 0 unspecified atom stereocenters. The van der Waals surface area contributed by atoms with Crippen molar-refractivity contribution < 1.29 is 28.5 Å². The van der Waals surface area contributed by atoms with Gasteiger partial charge in [0, 0.05) is 24.9 Å². The third-order valence-corrected chi connectivity index (χ3v) is 6.30. The summed E-state index contributed by atoms with van der Waals surface area (Å²) < 4.78 is 32.7. The van der Waals surface area contributed by atoms with E-state index in [9.17, 15) is 4.79 Å². The Kier molecular flexibility index (Phi) is 7.69. The van der Waals surface area contributed by atoms with Gasteiger partial charge in [-0.2, -0.15) is 0 Å². The van der Waals surface area contributed by atoms with E-state index in [0.29, 0.717) is 0 Å². The lowest BCUT2D eigenvalue weighted by atomic mass is 9.95. The molecular weight excluding hydrogens is 482 g/mol. The first-order valence-corrected chi connectivity index (χ1v) is 12.1. The van der Waals surface area contributed by atoms with Gasteiger partial charge in [0.2, 0.25) is 5.91 Å². The maximum absolute atomic E-state index is 12.2. The number of amides is 1. The Bertz CT molecular complexity index is 1150. The van der Waals surface area contributed by atoms with E-state index >= 15 is 0 Å². The van der Waals surface area contributed by atoms with E-state index < -0.39 is 36.9 Å². The van der Waals surface area contributed by atoms with E-state index in [1.54, 1.807) is 23.3 Å². The lowest BCUT2D eigenvalue weighted by molar-refractivity contribution is -0.343. The third kappa shape index (κ3) is 5.63. The van der Waals surface area contributed by atoms with Crippen molar-refractivity contribution in [3.63, 3.8) is 0 Å². The molecule has 0 radical (unpaired) electrons. The van der Waals surface area contributed by atoms with Crippen LogP contribution in [0.4, 0.5) is 0 Å². The first kappa shape index (κ1) is 24.5. The highest BCUT2D eigenvalue weighted by Gasteiger charge is 2.52. The fraction of sp³-hybridized carbons (Fsp3) is 0.346. The molecule has 3 aromatic rings. The van der Waals surface area contributed by atoms with Crippen LogP contribution in [0.3, 0.4) is 0 Å². The number of benzene rings is 2. The predicted octanol–water partition coefficient (Wildman–Crippen LogP) is 2.96. The van der Waals surface area contributed by atoms with Crippen molar-refractivity contribution >= 4 is 23.3 Å². The van der Waals surface area contributed by atoms with Gasteiger partial charge in [-0.1, -0.05) is 60.7 Å². The Morgan fingerprint density at radius 2 is 1.89 bits per heavy atom. The monoisotopic (exact) mass is 509 g/mol. The molecule has 2 saturated heterocycles. The number of fused-ring (bicyclic) bond motifs is 1. The van der Waals surface area contributed by atoms with Crippen molar-refractivity contribution in [2.24, 2.45) is 0 Å². The van der Waals surface area contributed by atoms with E-state index in [1.165, 1.54) is 6.92 Å². The molecule has 9 nitrogen and oxygen atoms in total. The maximum Gasteiger partial charge on any atom is 0.269 e. The summed E-state index contributed by atoms with van der Waals surface area (Å²) in [7, 11) is 0. The normalized spacial score (nSPS) is 27.6. The number of nitrogens with one attached hydrogen (secondary N) is 1. The highest BCUT2D eigenvalue weighted by atomic mass is 32.1. The molecule has 0 spiro atoms. The van der Waals surface area contributed by atoms with Gasteiger partial charge in [-0.15, -0.1) is 0 Å². The largest absolute Gasteiger partial charge is 0.462 e. The number of hydrogen-bond acceptors (Lipinski definition) is 8. The van der Waals surface area contributed by atoms with Crippen molar-refractivity contribution in [3.05, 3.63) is 90.5 Å². The summed E-state index contributed by atoms with van der Waals surface area (Å²) in [5.74, 6) is -0.260. The van der Waals surface area contributed by atoms with Crippen molar-refractivity contribution in [2.45, 2.75) is 50.5 Å². The molecule has 2 aromatic carbocycles. The zero-order valence-corrected chi connectivity index (χ0v) is 20.5. The van der Waals surface area contributed by atoms with Crippen LogP contribution >= 0.6 is 12.2 Å². The minimum atomic E-state index is -0.827. The molecule has 2 fully saturated rings. The maximum atomic E-state index is 12.2. The number of nitrogens with zero attached hydrogens (tertiary/aromatic N) is 2. The quantitative estimate of drug-likeness (QED) is 0.507. The van der Waals surface area contributed by atoms with Gasteiger partial charge in [-0.3, -0.25) is 9.36 Å². The number of aromatic nitrogens is 2. The molecule has 5 rings (SSSR count). The molecule has 188 valence electrons. The number of hydrogen-bond donors (Lipinski definition) is 1. The lowest BCUT2D eigenvalue weighted by Crippen LogP contribution is -2.67. The first-order chi connectivity index (χ1) is 17.6. The first-order valence-electron chi connectivity index (χ1n) is 11.7. The Labute approximate surface area is 214 Å². The predicted molar refractivity (Wildman–Crippen MR) is 133 cm³/mol. The molecule has 10 heteroatoms. The highest BCUT2D eigenvalue weighted by Crippen LogP contribution is 2.36. The number of carbonyl (C=O) groups is 1. The van der Waals surface area contributed by atoms with Gasteiger partial charge in [0.25, 0.3) is 5.17 Å². The molecule has 2 aliphatic rings. The summed E-state index contributed by atoms with van der Waals surface area (Å²) >= 11 is 5.54. The summed E-state index contributed by atoms with van der Waals surface area (Å²) in [6.07, 6.45) is 1.57. The van der Waals surface area contributed by atoms with Gasteiger partial charge in [0.1, 0.15) is 24.6 Å². The van der Waals surface area contributed by atoms with Gasteiger partial charge in [-0.25, -0.2) is 4.98 Å². The topological polar surface area (TPSA) is 93.1 Å². The summed E-state index contributed by atoms with van der Waals surface area (Å²) in [6, 6.07) is 18.6. The fourth-order valence-corrected chi connectivity index (χ4v) is 4.54. The second-order valence-electron chi connectivity index (χ2n) is 8.56. The Balaban J connectivity index is 1.42. The molecule has 0 saturated carbocycles. The van der Waals surface area contributed by atoms with Gasteiger partial charge in [0.15, 0.2) is 18.7 Å². The zero-order chi connectivity index (χ0) is 24.9. The number of rotatable bonds is 6. The number of thiocarbonyl (C=S) groups is 1. The Morgan fingerprint density at radius 1 is 1.14 bits per heavy atom. The average molecular weight is 510 g/mol. The second-order valence-corrected chi connectivity index (χ2v) is 8.91. The van der Waals surface area contributed by atoms with Crippen LogP contribution in [0.25, 0.3) is 0 Å². The summed E-state index contributed by atoms with van der Waals surface area (Å²) in [5, 5.41) is 3.11. The van der Waals surface area contributed by atoms with Crippen LogP contribution in [0.5, 0.6) is 0 Å². The SMILES string of the molecule is CC(=O)N[C@H]1[C@@H](OCc2ccccc2)O[C@@H]2CO[C@@H](c3ccccc3)O[C@H]2[C@@H]1OC(=S)n1ccnc1. The van der Waals surface area contributed by atoms with E-state index in [4.69, 9.17) is 35.9 Å². The summed E-state index contributed by atoms with van der Waals surface area (Å²) in [6.45, 7) is 1.97. The van der Waals surface area contributed by atoms with Crippen molar-refractivity contribution in [1.29, 1.82) is 0 Å². The van der Waals surface area contributed by atoms with Crippen molar-refractivity contribution in [3.8, 4) is 0 Å². The fourth-order valence-electron chi connectivity index (χ4n) is 4.32. The zero-order valence-electron chi connectivity index (χ0n) is 19.6. The molecule has 6 atom stereocenters. The van der Waals surface area contributed by atoms with Crippen molar-refractivity contribution in [2.75, 3.05) is 6.61 Å². The van der Waals surface area contributed by atoms with Crippen LogP contribution in [0, 0.1) is 0 Å². The number of ether oxygens (including phenoxy) is 5. The average Bonchev–Trinajstić information content (AvgIpc) is 3.45. The van der Waals surface area contributed by atoms with E-state index in [0.717, 1.165) is 11.1 Å². The molecule has 3 heterocycles.